The van der Waals surface area contributed by atoms with Crippen LogP contribution in [0.5, 0.6) is 0 Å². The molecule has 5 heteroatoms. The topological polar surface area (TPSA) is 59.2 Å². The van der Waals surface area contributed by atoms with Crippen LogP contribution in [0, 0.1) is 6.92 Å². The van der Waals surface area contributed by atoms with Crippen molar-refractivity contribution in [1.82, 2.24) is 4.98 Å². The van der Waals surface area contributed by atoms with Gasteiger partial charge < -0.3 is 10.6 Å². The van der Waals surface area contributed by atoms with E-state index >= 15 is 0 Å². The van der Waals surface area contributed by atoms with Gasteiger partial charge in [0.25, 0.3) is 5.91 Å². The van der Waals surface area contributed by atoms with E-state index in [2.05, 4.69) is 11.1 Å². The zero-order valence-electron chi connectivity index (χ0n) is 13.3. The summed E-state index contributed by atoms with van der Waals surface area (Å²) < 4.78 is 0. The number of nitrogens with two attached hydrogens (primary N) is 1. The molecule has 0 unspecified atom stereocenters. The largest absolute Gasteiger partial charge is 0.375 e. The van der Waals surface area contributed by atoms with Crippen molar-refractivity contribution >= 4 is 28.1 Å². The number of nitrogens with zero attached hydrogens (tertiary/aromatic N) is 2. The third-order valence-corrected chi connectivity index (χ3v) is 5.09. The number of aromatic nitrogens is 1. The number of carbonyl (C=O) groups is 1. The summed E-state index contributed by atoms with van der Waals surface area (Å²) in [5.41, 5.74) is 11.6. The molecule has 2 aromatic carbocycles. The molecule has 4 nitrogen and oxygen atoms in total. The minimum Gasteiger partial charge on any atom is -0.375 e. The summed E-state index contributed by atoms with van der Waals surface area (Å²) in [5, 5.41) is 2.53. The van der Waals surface area contributed by atoms with Crippen LogP contribution in [0.3, 0.4) is 0 Å². The summed E-state index contributed by atoms with van der Waals surface area (Å²) in [6.07, 6.45) is 0.862. The van der Waals surface area contributed by atoms with Crippen LogP contribution >= 0.6 is 11.3 Å². The van der Waals surface area contributed by atoms with E-state index in [9.17, 15) is 4.79 Å². The number of anilines is 2. The van der Waals surface area contributed by atoms with E-state index in [-0.39, 0.29) is 5.91 Å². The van der Waals surface area contributed by atoms with Gasteiger partial charge in [-0.15, -0.1) is 11.3 Å². The highest BCUT2D eigenvalue weighted by Gasteiger charge is 2.26. The lowest BCUT2D eigenvalue weighted by atomic mass is 10.1. The van der Waals surface area contributed by atoms with Gasteiger partial charge in [-0.25, -0.2) is 4.98 Å². The average molecular weight is 335 g/mol. The summed E-state index contributed by atoms with van der Waals surface area (Å²) in [6, 6.07) is 13.9. The van der Waals surface area contributed by atoms with Gasteiger partial charge in [-0.1, -0.05) is 24.3 Å². The average Bonchev–Trinajstić information content (AvgIpc) is 3.20. The summed E-state index contributed by atoms with van der Waals surface area (Å²) in [6.45, 7) is 2.69. The molecule has 0 atom stereocenters. The molecule has 0 bridgehead atoms. The van der Waals surface area contributed by atoms with Gasteiger partial charge in [0.15, 0.2) is 5.13 Å². The number of hydrogen-bond donors (Lipinski definition) is 1. The predicted octanol–water partition coefficient (Wildman–Crippen LogP) is 3.90. The number of rotatable bonds is 2. The molecular formula is C19H17N3OS. The van der Waals surface area contributed by atoms with E-state index in [1.54, 1.807) is 0 Å². The van der Waals surface area contributed by atoms with Gasteiger partial charge >= 0.3 is 0 Å². The Bertz CT molecular complexity index is 932. The smallest absolute Gasteiger partial charge is 0.258 e. The molecular weight excluding hydrogens is 318 g/mol. The molecule has 1 aliphatic heterocycles. The predicted molar refractivity (Wildman–Crippen MR) is 98.5 cm³/mol. The number of hydrogen-bond acceptors (Lipinski definition) is 4. The Balaban J connectivity index is 1.67. The van der Waals surface area contributed by atoms with Gasteiger partial charge in [0.2, 0.25) is 0 Å². The van der Waals surface area contributed by atoms with Crippen molar-refractivity contribution in [3.8, 4) is 11.3 Å². The lowest BCUT2D eigenvalue weighted by molar-refractivity contribution is 0.0989. The highest BCUT2D eigenvalue weighted by Crippen LogP contribution is 2.34. The Morgan fingerprint density at radius 1 is 1.25 bits per heavy atom. The normalized spacial score (nSPS) is 13.1. The lowest BCUT2D eigenvalue weighted by Crippen LogP contribution is -2.29. The van der Waals surface area contributed by atoms with E-state index < -0.39 is 0 Å². The Kier molecular flexibility index (Phi) is 3.58. The fourth-order valence-electron chi connectivity index (χ4n) is 3.15. The number of nitrogen functional groups attached to an aromatic ring is 1. The molecule has 1 aromatic heterocycles. The molecule has 1 amide bonds. The fraction of sp³-hybridized carbons (Fsp3) is 0.158. The van der Waals surface area contributed by atoms with Gasteiger partial charge in [-0.2, -0.15) is 0 Å². The molecule has 120 valence electrons. The summed E-state index contributed by atoms with van der Waals surface area (Å²) in [4.78, 5) is 19.1. The van der Waals surface area contributed by atoms with Gasteiger partial charge in [-0.05, 0) is 42.7 Å². The standard InChI is InChI=1S/C19H17N3OS/c1-12-4-2-3-5-15(12)18(23)22-9-8-14-10-13(6-7-17(14)22)16-11-24-19(20)21-16/h2-7,10-11H,8-9H2,1H3,(H2,20,21). The van der Waals surface area contributed by atoms with Crippen LogP contribution in [0.4, 0.5) is 10.8 Å². The summed E-state index contributed by atoms with van der Waals surface area (Å²) in [5.74, 6) is 0.0671. The Hall–Kier alpha value is -2.66. The molecule has 0 aliphatic carbocycles. The molecule has 2 N–H and O–H groups in total. The first-order valence-electron chi connectivity index (χ1n) is 7.85. The van der Waals surface area contributed by atoms with Gasteiger partial charge in [0.1, 0.15) is 0 Å². The SMILES string of the molecule is Cc1ccccc1C(=O)N1CCc2cc(-c3csc(N)n3)ccc21. The van der Waals surface area contributed by atoms with Crippen LogP contribution in [0.2, 0.25) is 0 Å². The monoisotopic (exact) mass is 335 g/mol. The Morgan fingerprint density at radius 3 is 2.83 bits per heavy atom. The molecule has 24 heavy (non-hydrogen) atoms. The van der Waals surface area contributed by atoms with Gasteiger partial charge in [-0.3, -0.25) is 4.79 Å². The van der Waals surface area contributed by atoms with Crippen molar-refractivity contribution in [2.24, 2.45) is 0 Å². The second-order valence-corrected chi connectivity index (χ2v) is 6.83. The minimum atomic E-state index is 0.0671. The second kappa shape index (κ2) is 5.76. The van der Waals surface area contributed by atoms with Crippen LogP contribution in [-0.4, -0.2) is 17.4 Å². The molecule has 3 aromatic rings. The first-order chi connectivity index (χ1) is 11.6. The fourth-order valence-corrected chi connectivity index (χ4v) is 3.72. The number of fused-ring (bicyclic) bond motifs is 1. The maximum Gasteiger partial charge on any atom is 0.258 e. The molecule has 0 fully saturated rings. The Labute approximate surface area is 144 Å². The van der Waals surface area contributed by atoms with Crippen LogP contribution in [0.25, 0.3) is 11.3 Å². The molecule has 2 heterocycles. The molecule has 0 saturated heterocycles. The van der Waals surface area contributed by atoms with Crippen molar-refractivity contribution in [1.29, 1.82) is 0 Å². The molecule has 4 rings (SSSR count). The zero-order valence-corrected chi connectivity index (χ0v) is 14.1. The van der Waals surface area contributed by atoms with Gasteiger partial charge in [0.05, 0.1) is 5.69 Å². The molecule has 0 radical (unpaired) electrons. The van der Waals surface area contributed by atoms with E-state index in [1.165, 1.54) is 16.9 Å². The van der Waals surface area contributed by atoms with Crippen LogP contribution < -0.4 is 10.6 Å². The Morgan fingerprint density at radius 2 is 2.08 bits per heavy atom. The van der Waals surface area contributed by atoms with E-state index in [4.69, 9.17) is 5.73 Å². The number of thiazole rings is 1. The summed E-state index contributed by atoms with van der Waals surface area (Å²) in [7, 11) is 0. The number of benzene rings is 2. The van der Waals surface area contributed by atoms with E-state index in [0.29, 0.717) is 11.7 Å². The first kappa shape index (κ1) is 14.9. The van der Waals surface area contributed by atoms with Crippen LogP contribution in [0.1, 0.15) is 21.5 Å². The number of amides is 1. The van der Waals surface area contributed by atoms with E-state index in [0.717, 1.165) is 34.5 Å². The zero-order chi connectivity index (χ0) is 16.7. The third kappa shape index (κ3) is 2.47. The number of carbonyl (C=O) groups excluding carboxylic acids is 1. The molecule has 0 spiro atoms. The first-order valence-corrected chi connectivity index (χ1v) is 8.73. The van der Waals surface area contributed by atoms with Crippen molar-refractivity contribution < 1.29 is 4.79 Å². The summed E-state index contributed by atoms with van der Waals surface area (Å²) >= 11 is 1.44. The lowest BCUT2D eigenvalue weighted by Gasteiger charge is -2.18. The third-order valence-electron chi connectivity index (χ3n) is 4.41. The highest BCUT2D eigenvalue weighted by molar-refractivity contribution is 7.13. The van der Waals surface area contributed by atoms with E-state index in [1.807, 2.05) is 53.6 Å². The van der Waals surface area contributed by atoms with Crippen molar-refractivity contribution in [3.05, 3.63) is 64.5 Å². The molecule has 1 aliphatic rings. The van der Waals surface area contributed by atoms with Crippen LogP contribution in [0.15, 0.2) is 47.8 Å². The number of aryl methyl sites for hydroxylation is 1. The maximum atomic E-state index is 12.9. The molecule has 0 saturated carbocycles. The van der Waals surface area contributed by atoms with Crippen LogP contribution in [-0.2, 0) is 6.42 Å². The quantitative estimate of drug-likeness (QED) is 0.772. The maximum absolute atomic E-state index is 12.9. The van der Waals surface area contributed by atoms with Gasteiger partial charge in [0, 0.05) is 28.7 Å². The van der Waals surface area contributed by atoms with Crippen molar-refractivity contribution in [2.45, 2.75) is 13.3 Å². The van der Waals surface area contributed by atoms with Crippen molar-refractivity contribution in [3.63, 3.8) is 0 Å². The minimum absolute atomic E-state index is 0.0671. The highest BCUT2D eigenvalue weighted by atomic mass is 32.1. The van der Waals surface area contributed by atoms with Crippen molar-refractivity contribution in [2.75, 3.05) is 17.2 Å². The second-order valence-electron chi connectivity index (χ2n) is 5.94.